The molecule has 5 nitrogen and oxygen atoms in total. The van der Waals surface area contributed by atoms with E-state index in [4.69, 9.17) is 32.7 Å². The number of benzene rings is 2. The Bertz CT molecular complexity index is 1150. The molecule has 0 N–H and O–H groups in total. The smallest absolute Gasteiger partial charge is 0.261 e. The van der Waals surface area contributed by atoms with Gasteiger partial charge in [0.25, 0.3) is 5.56 Å². The predicted octanol–water partition coefficient (Wildman–Crippen LogP) is 4.66. The molecule has 138 valence electrons. The number of rotatable bonds is 3. The van der Waals surface area contributed by atoms with E-state index in [0.29, 0.717) is 51.2 Å². The van der Waals surface area contributed by atoms with E-state index in [1.807, 2.05) is 12.1 Å². The highest BCUT2D eigenvalue weighted by atomic mass is 35.5. The highest BCUT2D eigenvalue weighted by molar-refractivity contribution is 6.32. The van der Waals surface area contributed by atoms with Crippen molar-refractivity contribution in [1.82, 2.24) is 9.55 Å². The van der Waals surface area contributed by atoms with Crippen LogP contribution in [0.3, 0.4) is 0 Å². The second kappa shape index (κ2) is 6.91. The third kappa shape index (κ3) is 3.07. The molecule has 0 fully saturated rings. The molecule has 0 atom stereocenters. The largest absolute Gasteiger partial charge is 0.493 e. The minimum atomic E-state index is -0.0552. The summed E-state index contributed by atoms with van der Waals surface area (Å²) in [6.07, 6.45) is 2.67. The SMILES string of the molecule is COc1cc(/C=C2\CCn3c2nc2cc(Cl)ccc2c3=O)cc(Cl)c1OC. The molecule has 3 aromatic rings. The fraction of sp³-hybridized carbons (Fsp3) is 0.200. The standard InChI is InChI=1S/C20H16Cl2N2O3/c1-26-17-9-11(8-15(22)18(17)27-2)7-12-5-6-24-19(12)23-16-10-13(21)3-4-14(16)20(24)25/h3-4,7-10H,5-6H2,1-2H3/b12-7+. The highest BCUT2D eigenvalue weighted by Gasteiger charge is 2.21. The molecule has 0 saturated carbocycles. The van der Waals surface area contributed by atoms with Gasteiger partial charge in [-0.05, 0) is 54.0 Å². The summed E-state index contributed by atoms with van der Waals surface area (Å²) >= 11 is 12.4. The van der Waals surface area contributed by atoms with Crippen molar-refractivity contribution in [3.63, 3.8) is 0 Å². The van der Waals surface area contributed by atoms with E-state index in [-0.39, 0.29) is 5.56 Å². The molecule has 2 aromatic carbocycles. The molecule has 0 radical (unpaired) electrons. The Labute approximate surface area is 165 Å². The first-order valence-electron chi connectivity index (χ1n) is 8.34. The van der Waals surface area contributed by atoms with Gasteiger partial charge in [0.15, 0.2) is 11.5 Å². The summed E-state index contributed by atoms with van der Waals surface area (Å²) in [5.41, 5.74) is 2.34. The van der Waals surface area contributed by atoms with Crippen LogP contribution in [0.15, 0.2) is 35.1 Å². The monoisotopic (exact) mass is 402 g/mol. The van der Waals surface area contributed by atoms with Crippen LogP contribution >= 0.6 is 23.2 Å². The van der Waals surface area contributed by atoms with Crippen LogP contribution in [0.1, 0.15) is 17.8 Å². The van der Waals surface area contributed by atoms with Crippen molar-refractivity contribution in [2.24, 2.45) is 0 Å². The third-order valence-corrected chi connectivity index (χ3v) is 5.12. The lowest BCUT2D eigenvalue weighted by molar-refractivity contribution is 0.355. The van der Waals surface area contributed by atoms with Crippen LogP contribution in [0, 0.1) is 0 Å². The van der Waals surface area contributed by atoms with Crippen molar-refractivity contribution in [1.29, 1.82) is 0 Å². The molecule has 1 aliphatic rings. The summed E-state index contributed by atoms with van der Waals surface area (Å²) in [6.45, 7) is 0.590. The van der Waals surface area contributed by atoms with Gasteiger partial charge >= 0.3 is 0 Å². The Morgan fingerprint density at radius 3 is 2.70 bits per heavy atom. The lowest BCUT2D eigenvalue weighted by atomic mass is 10.1. The maximum atomic E-state index is 12.8. The molecule has 4 rings (SSSR count). The van der Waals surface area contributed by atoms with Gasteiger partial charge in [-0.3, -0.25) is 9.36 Å². The minimum Gasteiger partial charge on any atom is -0.493 e. The second-order valence-corrected chi connectivity index (χ2v) is 7.06. The first-order chi connectivity index (χ1) is 13.0. The van der Waals surface area contributed by atoms with Crippen LogP contribution in [0.5, 0.6) is 11.5 Å². The Hall–Kier alpha value is -2.50. The van der Waals surface area contributed by atoms with Gasteiger partial charge in [0.05, 0.1) is 30.1 Å². The molecule has 27 heavy (non-hydrogen) atoms. The van der Waals surface area contributed by atoms with Gasteiger partial charge in [-0.2, -0.15) is 0 Å². The van der Waals surface area contributed by atoms with E-state index < -0.39 is 0 Å². The number of aromatic nitrogens is 2. The summed E-state index contributed by atoms with van der Waals surface area (Å²) in [7, 11) is 3.11. The number of hydrogen-bond acceptors (Lipinski definition) is 4. The van der Waals surface area contributed by atoms with Crippen molar-refractivity contribution >= 4 is 45.8 Å². The minimum absolute atomic E-state index is 0.0552. The number of fused-ring (bicyclic) bond motifs is 2. The van der Waals surface area contributed by atoms with Crippen LogP contribution in [0.2, 0.25) is 10.0 Å². The number of hydrogen-bond donors (Lipinski definition) is 0. The summed E-state index contributed by atoms with van der Waals surface area (Å²) in [4.78, 5) is 17.4. The molecule has 7 heteroatoms. The van der Waals surface area contributed by atoms with Crippen molar-refractivity contribution < 1.29 is 9.47 Å². The van der Waals surface area contributed by atoms with Crippen molar-refractivity contribution in [2.75, 3.05) is 14.2 Å². The van der Waals surface area contributed by atoms with Crippen molar-refractivity contribution in [3.05, 3.63) is 62.1 Å². The first kappa shape index (κ1) is 17.9. The molecule has 2 heterocycles. The van der Waals surface area contributed by atoms with Gasteiger partial charge in [-0.1, -0.05) is 23.2 Å². The number of ether oxygens (including phenoxy) is 2. The Balaban J connectivity index is 1.86. The zero-order chi connectivity index (χ0) is 19.1. The maximum Gasteiger partial charge on any atom is 0.261 e. The first-order valence-corrected chi connectivity index (χ1v) is 9.10. The van der Waals surface area contributed by atoms with E-state index in [2.05, 4.69) is 4.98 Å². The lowest BCUT2D eigenvalue weighted by Gasteiger charge is -2.11. The molecule has 0 unspecified atom stereocenters. The highest BCUT2D eigenvalue weighted by Crippen LogP contribution is 2.37. The van der Waals surface area contributed by atoms with Gasteiger partial charge in [-0.25, -0.2) is 4.98 Å². The molecule has 0 bridgehead atoms. The lowest BCUT2D eigenvalue weighted by Crippen LogP contribution is -2.20. The van der Waals surface area contributed by atoms with Crippen LogP contribution in [-0.2, 0) is 6.54 Å². The Morgan fingerprint density at radius 2 is 1.96 bits per heavy atom. The number of halogens is 2. The number of allylic oxidation sites excluding steroid dienone is 1. The molecular formula is C20H16Cl2N2O3. The van der Waals surface area contributed by atoms with E-state index in [1.54, 1.807) is 43.1 Å². The predicted molar refractivity (Wildman–Crippen MR) is 108 cm³/mol. The normalized spacial score (nSPS) is 14.6. The molecule has 0 saturated heterocycles. The molecular weight excluding hydrogens is 387 g/mol. The number of methoxy groups -OCH3 is 2. The van der Waals surface area contributed by atoms with Crippen LogP contribution < -0.4 is 15.0 Å². The molecule has 0 amide bonds. The fourth-order valence-corrected chi connectivity index (χ4v) is 3.81. The summed E-state index contributed by atoms with van der Waals surface area (Å²) < 4.78 is 12.3. The fourth-order valence-electron chi connectivity index (χ4n) is 3.35. The van der Waals surface area contributed by atoms with E-state index in [9.17, 15) is 4.79 Å². The molecule has 1 aromatic heterocycles. The van der Waals surface area contributed by atoms with Crippen LogP contribution in [-0.4, -0.2) is 23.8 Å². The summed E-state index contributed by atoms with van der Waals surface area (Å²) in [5.74, 6) is 1.69. The quantitative estimate of drug-likeness (QED) is 0.638. The summed E-state index contributed by atoms with van der Waals surface area (Å²) in [6, 6.07) is 8.78. The van der Waals surface area contributed by atoms with Gasteiger partial charge in [0.1, 0.15) is 5.82 Å². The average Bonchev–Trinajstić information content (AvgIpc) is 3.04. The molecule has 0 spiro atoms. The zero-order valence-electron chi connectivity index (χ0n) is 14.8. The van der Waals surface area contributed by atoms with Gasteiger partial charge in [0, 0.05) is 11.6 Å². The third-order valence-electron chi connectivity index (χ3n) is 4.61. The second-order valence-electron chi connectivity index (χ2n) is 6.21. The maximum absolute atomic E-state index is 12.8. The summed E-state index contributed by atoms with van der Waals surface area (Å²) in [5, 5.41) is 1.57. The topological polar surface area (TPSA) is 53.4 Å². The van der Waals surface area contributed by atoms with Crippen LogP contribution in [0.25, 0.3) is 22.6 Å². The van der Waals surface area contributed by atoms with Gasteiger partial charge in [-0.15, -0.1) is 0 Å². The Morgan fingerprint density at radius 1 is 1.15 bits per heavy atom. The van der Waals surface area contributed by atoms with Crippen LogP contribution in [0.4, 0.5) is 0 Å². The Kier molecular flexibility index (Phi) is 4.58. The van der Waals surface area contributed by atoms with Gasteiger partial charge in [0.2, 0.25) is 0 Å². The van der Waals surface area contributed by atoms with Gasteiger partial charge < -0.3 is 9.47 Å². The van der Waals surface area contributed by atoms with Crippen molar-refractivity contribution in [2.45, 2.75) is 13.0 Å². The zero-order valence-corrected chi connectivity index (χ0v) is 16.3. The van der Waals surface area contributed by atoms with E-state index >= 15 is 0 Å². The van der Waals surface area contributed by atoms with E-state index in [0.717, 1.165) is 11.1 Å². The average molecular weight is 403 g/mol. The molecule has 0 aliphatic carbocycles. The molecule has 1 aliphatic heterocycles. The number of nitrogens with zero attached hydrogens (tertiary/aromatic N) is 2. The van der Waals surface area contributed by atoms with Crippen molar-refractivity contribution in [3.8, 4) is 11.5 Å². The van der Waals surface area contributed by atoms with E-state index in [1.165, 1.54) is 0 Å².